The van der Waals surface area contributed by atoms with Crippen molar-refractivity contribution < 1.29 is 90.6 Å². The van der Waals surface area contributed by atoms with Crippen LogP contribution in [0.3, 0.4) is 0 Å². The molecule has 0 saturated carbocycles. The van der Waals surface area contributed by atoms with Gasteiger partial charge in [0.15, 0.2) is 0 Å². The number of amides is 9. The number of nitrogens with two attached hydrogens (primary N) is 1. The molecule has 9 amide bonds. The van der Waals surface area contributed by atoms with Crippen LogP contribution in [-0.4, -0.2) is 231 Å². The Morgan fingerprint density at radius 2 is 1.06 bits per heavy atom. The van der Waals surface area contributed by atoms with Crippen LogP contribution in [-0.2, 0) is 68.5 Å². The van der Waals surface area contributed by atoms with Crippen molar-refractivity contribution in [3.05, 3.63) is 136 Å². The zero-order valence-corrected chi connectivity index (χ0v) is 63.3. The molecule has 0 bridgehead atoms. The summed E-state index contributed by atoms with van der Waals surface area (Å²) in [5.41, 5.74) is 6.29. The first-order chi connectivity index (χ1) is 52.2. The van der Waals surface area contributed by atoms with Gasteiger partial charge in [0.1, 0.15) is 30.2 Å². The van der Waals surface area contributed by atoms with Crippen molar-refractivity contribution in [2.75, 3.05) is 160 Å². The summed E-state index contributed by atoms with van der Waals surface area (Å²) >= 11 is 14.2. The van der Waals surface area contributed by atoms with Gasteiger partial charge >= 0.3 is 18.2 Å². The molecule has 4 atom stereocenters. The standard InChI is InChI=1S/C76H92Cl2N10O19S/c1-48(2)70(83-65(90)24-29-99-31-33-101-35-37-103-39-40-104-38-36-102-34-32-100-30-28-86-66(91)22-23-67(86)92)72(94)82-58(15-10-25-80-79)71(93)81-53-18-16-50(17-19-53)47-105-75(97)84(4)26-27-85(5)76(98)107-62-42-60-69(57-14-9-7-12-55(57)62)52(44-78)46-88(60)74(96)64-21-20-63(108-64)73(95)87-45-51(43-77)68-56-13-8-6-11-54(56)61(41-59(68)87)106-49(3)89/h6-9,11-14,16-23,41-42,48,51-52,58,70,80H,10,15,24-40,43-47,79H2,1-5H3,(H,81,93)(H,82,94)(H,83,90)/t51-,52-,58+,70+/m1/s1. The Hall–Kier alpha value is -9.18. The van der Waals surface area contributed by atoms with E-state index in [1.807, 2.05) is 48.5 Å². The minimum atomic E-state index is -1.00. The summed E-state index contributed by atoms with van der Waals surface area (Å²) in [6, 6.07) is 26.1. The Morgan fingerprint density at radius 3 is 1.55 bits per heavy atom. The number of hydrogen-bond donors (Lipinski definition) is 5. The van der Waals surface area contributed by atoms with E-state index in [1.54, 1.807) is 72.2 Å². The third-order valence-corrected chi connectivity index (χ3v) is 19.8. The van der Waals surface area contributed by atoms with Gasteiger partial charge in [-0.1, -0.05) is 74.5 Å². The fourth-order valence-electron chi connectivity index (χ4n) is 12.3. The molecular formula is C76H92Cl2N10O19S. The number of esters is 1. The molecule has 0 radical (unpaired) electrons. The minimum Gasteiger partial charge on any atom is -0.445 e. The second kappa shape index (κ2) is 41.4. The highest BCUT2D eigenvalue weighted by Crippen LogP contribution is 2.48. The molecule has 6 N–H and O–H groups in total. The van der Waals surface area contributed by atoms with Gasteiger partial charge in [0, 0.05) is 125 Å². The number of likely N-dealkylation sites (N-methyl/N-ethyl adjacent to an activating group) is 2. The average molecular weight is 1550 g/mol. The second-order valence-electron chi connectivity index (χ2n) is 26.0. The lowest BCUT2D eigenvalue weighted by molar-refractivity contribution is -0.138. The molecule has 32 heteroatoms. The number of hydrazine groups is 1. The van der Waals surface area contributed by atoms with E-state index in [-0.39, 0.29) is 142 Å². The lowest BCUT2D eigenvalue weighted by atomic mass is 9.95. The fourth-order valence-corrected chi connectivity index (χ4v) is 13.7. The third kappa shape index (κ3) is 22.5. The van der Waals surface area contributed by atoms with Crippen LogP contribution in [0, 0.1) is 5.92 Å². The predicted molar refractivity (Wildman–Crippen MR) is 406 cm³/mol. The Kier molecular flexibility index (Phi) is 31.8. The number of carbonyl (C=O) groups excluding carboxylic acids is 10. The van der Waals surface area contributed by atoms with Crippen LogP contribution >= 0.6 is 34.5 Å². The van der Waals surface area contributed by atoms with E-state index in [0.717, 1.165) is 43.5 Å². The first-order valence-electron chi connectivity index (χ1n) is 35.6. The molecular weight excluding hydrogens is 1460 g/mol. The van der Waals surface area contributed by atoms with Crippen LogP contribution in [0.2, 0.25) is 0 Å². The molecule has 6 aromatic rings. The molecule has 5 aromatic carbocycles. The number of alkyl halides is 2. The molecule has 0 saturated heterocycles. The third-order valence-electron chi connectivity index (χ3n) is 18.0. The normalized spacial score (nSPS) is 15.0. The zero-order valence-electron chi connectivity index (χ0n) is 61.0. The Balaban J connectivity index is 0.677. The van der Waals surface area contributed by atoms with Crippen LogP contribution < -0.4 is 46.5 Å². The summed E-state index contributed by atoms with van der Waals surface area (Å²) in [5, 5.41) is 11.3. The van der Waals surface area contributed by atoms with E-state index in [1.165, 1.54) is 43.0 Å². The van der Waals surface area contributed by atoms with E-state index in [2.05, 4.69) is 21.4 Å². The quantitative estimate of drug-likeness (QED) is 0.00463. The number of halogens is 2. The number of thiophene rings is 1. The van der Waals surface area contributed by atoms with Gasteiger partial charge in [0.05, 0.1) is 107 Å². The van der Waals surface area contributed by atoms with Crippen LogP contribution in [0.5, 0.6) is 11.5 Å². The van der Waals surface area contributed by atoms with Crippen molar-refractivity contribution in [2.24, 2.45) is 11.8 Å². The highest BCUT2D eigenvalue weighted by atomic mass is 35.5. The number of anilines is 3. The smallest absolute Gasteiger partial charge is 0.415 e. The maximum atomic E-state index is 14.7. The number of nitrogens with one attached hydrogen (secondary N) is 4. The topological polar surface area (TPSA) is 344 Å². The van der Waals surface area contributed by atoms with Crippen LogP contribution in [0.4, 0.5) is 26.7 Å². The van der Waals surface area contributed by atoms with Crippen LogP contribution in [0.25, 0.3) is 21.5 Å². The van der Waals surface area contributed by atoms with Gasteiger partial charge in [-0.3, -0.25) is 54.5 Å². The number of nitrogens with zero attached hydrogens (tertiary/aromatic N) is 5. The molecule has 0 aliphatic carbocycles. The number of fused-ring (bicyclic) bond motifs is 6. The van der Waals surface area contributed by atoms with Crippen molar-refractivity contribution in [1.29, 1.82) is 0 Å². The number of hydrogen-bond acceptors (Lipinski definition) is 22. The number of benzene rings is 5. The fraction of sp³-hybridized carbons (Fsp3) is 0.447. The Bertz CT molecular complexity index is 4170. The summed E-state index contributed by atoms with van der Waals surface area (Å²) in [5.74, 6) is 2.20. The number of imide groups is 1. The first-order valence-corrected chi connectivity index (χ1v) is 37.5. The predicted octanol–water partition coefficient (Wildman–Crippen LogP) is 7.87. The first kappa shape index (κ1) is 82.9. The van der Waals surface area contributed by atoms with E-state index in [4.69, 9.17) is 71.7 Å². The lowest BCUT2D eigenvalue weighted by Crippen LogP contribution is -2.54. The number of rotatable bonds is 42. The SMILES string of the molecule is CC(=O)Oc1cc2c(c3ccccc13)[C@H](CCl)CN2C(=O)c1ccc(C(=O)N2C[C@@H](CCl)c3c2cc(OC(=O)N(C)CCN(C)C(=O)OCc2ccc(NC(=O)[C@H](CCCNN)NC(=O)[C@@H](NC(=O)CCOCCOCCOCCOCCOCCOCCN4C(=O)C=CC4=O)C(C)C)cc2)c2ccccc32)s1. The summed E-state index contributed by atoms with van der Waals surface area (Å²) in [7, 11) is 3.05. The lowest BCUT2D eigenvalue weighted by Gasteiger charge is -2.25. The molecule has 580 valence electrons. The van der Waals surface area contributed by atoms with Crippen molar-refractivity contribution in [3.63, 3.8) is 0 Å². The maximum Gasteiger partial charge on any atom is 0.415 e. The van der Waals surface area contributed by atoms with Crippen molar-refractivity contribution >= 4 is 133 Å². The van der Waals surface area contributed by atoms with Crippen molar-refractivity contribution in [1.82, 2.24) is 30.8 Å². The van der Waals surface area contributed by atoms with Gasteiger partial charge in [-0.05, 0) is 70.5 Å². The molecule has 0 unspecified atom stereocenters. The molecule has 0 fully saturated rings. The van der Waals surface area contributed by atoms with E-state index >= 15 is 0 Å². The Labute approximate surface area is 639 Å². The second-order valence-corrected chi connectivity index (χ2v) is 27.7. The maximum absolute atomic E-state index is 14.7. The molecule has 29 nitrogen and oxygen atoms in total. The molecule has 4 heterocycles. The number of ether oxygens (including phenoxy) is 9. The van der Waals surface area contributed by atoms with Gasteiger partial charge in [-0.15, -0.1) is 34.5 Å². The summed E-state index contributed by atoms with van der Waals surface area (Å²) < 4.78 is 50.3. The molecule has 108 heavy (non-hydrogen) atoms. The molecule has 3 aliphatic heterocycles. The summed E-state index contributed by atoms with van der Waals surface area (Å²) in [6.45, 7) is 9.49. The van der Waals surface area contributed by atoms with E-state index < -0.39 is 48.0 Å². The molecule has 1 aromatic heterocycles. The highest BCUT2D eigenvalue weighted by molar-refractivity contribution is 7.16. The monoisotopic (exact) mass is 1550 g/mol. The minimum absolute atomic E-state index is 0.0251. The summed E-state index contributed by atoms with van der Waals surface area (Å²) in [4.78, 5) is 140. The van der Waals surface area contributed by atoms with Gasteiger partial charge in [-0.2, -0.15) is 0 Å². The van der Waals surface area contributed by atoms with Gasteiger partial charge in [0.2, 0.25) is 17.7 Å². The molecule has 0 spiro atoms. The highest BCUT2D eigenvalue weighted by Gasteiger charge is 2.39. The average Bonchev–Trinajstić information content (AvgIpc) is 1.55. The number of carbonyl (C=O) groups is 10. The van der Waals surface area contributed by atoms with Gasteiger partial charge in [0.25, 0.3) is 23.6 Å². The molecule has 9 rings (SSSR count). The van der Waals surface area contributed by atoms with Crippen LogP contribution in [0.15, 0.2) is 109 Å². The van der Waals surface area contributed by atoms with E-state index in [0.29, 0.717) is 104 Å². The zero-order chi connectivity index (χ0) is 77.2. The van der Waals surface area contributed by atoms with Gasteiger partial charge < -0.3 is 78.2 Å². The molecule has 3 aliphatic rings. The summed E-state index contributed by atoms with van der Waals surface area (Å²) in [6.07, 6.45) is 1.67. The van der Waals surface area contributed by atoms with Crippen LogP contribution in [0.1, 0.15) is 87.9 Å². The van der Waals surface area contributed by atoms with E-state index in [9.17, 15) is 47.9 Å². The van der Waals surface area contributed by atoms with Gasteiger partial charge in [-0.25, -0.2) is 9.59 Å². The Morgan fingerprint density at radius 1 is 0.593 bits per heavy atom. The van der Waals surface area contributed by atoms with Crippen molar-refractivity contribution in [2.45, 2.75) is 70.6 Å². The van der Waals surface area contributed by atoms with Crippen molar-refractivity contribution in [3.8, 4) is 11.5 Å². The largest absolute Gasteiger partial charge is 0.445 e.